The molecule has 0 aliphatic rings. The number of thiophene rings is 1. The first-order chi connectivity index (χ1) is 9.61. The largest absolute Gasteiger partial charge is 0.367 e. The van der Waals surface area contributed by atoms with Crippen molar-refractivity contribution in [2.45, 2.75) is 19.4 Å². The van der Waals surface area contributed by atoms with Crippen LogP contribution in [-0.2, 0) is 6.42 Å². The minimum absolute atomic E-state index is 0.0305. The molecule has 0 bridgehead atoms. The highest BCUT2D eigenvalue weighted by atomic mass is 32.1. The summed E-state index contributed by atoms with van der Waals surface area (Å²) in [4.78, 5) is 18.5. The molecular formula is C12H15N5O2S. The summed E-state index contributed by atoms with van der Waals surface area (Å²) in [5, 5.41) is 21.0. The summed E-state index contributed by atoms with van der Waals surface area (Å²) in [6.45, 7) is 1.96. The van der Waals surface area contributed by atoms with Crippen LogP contribution < -0.4 is 10.6 Å². The van der Waals surface area contributed by atoms with Gasteiger partial charge in [0.05, 0.1) is 4.92 Å². The summed E-state index contributed by atoms with van der Waals surface area (Å²) in [7, 11) is 1.59. The van der Waals surface area contributed by atoms with E-state index >= 15 is 0 Å². The molecular weight excluding hydrogens is 278 g/mol. The normalized spacial score (nSPS) is 11.9. The lowest BCUT2D eigenvalue weighted by Gasteiger charge is -2.14. The van der Waals surface area contributed by atoms with Crippen LogP contribution in [0.4, 0.5) is 17.3 Å². The first-order valence-corrected chi connectivity index (χ1v) is 7.01. The molecule has 0 radical (unpaired) electrons. The predicted octanol–water partition coefficient (Wildman–Crippen LogP) is 2.53. The van der Waals surface area contributed by atoms with E-state index in [1.807, 2.05) is 18.4 Å². The molecule has 2 aromatic heterocycles. The van der Waals surface area contributed by atoms with E-state index in [1.54, 1.807) is 18.4 Å². The highest BCUT2D eigenvalue weighted by molar-refractivity contribution is 7.07. The van der Waals surface area contributed by atoms with E-state index < -0.39 is 4.92 Å². The van der Waals surface area contributed by atoms with E-state index in [2.05, 4.69) is 26.0 Å². The number of nitrogens with zero attached hydrogens (tertiary/aromatic N) is 3. The second-order valence-corrected chi connectivity index (χ2v) is 5.09. The fourth-order valence-electron chi connectivity index (χ4n) is 1.89. The van der Waals surface area contributed by atoms with Crippen molar-refractivity contribution in [2.75, 3.05) is 17.7 Å². The molecule has 0 saturated carbocycles. The van der Waals surface area contributed by atoms with Gasteiger partial charge in [-0.05, 0) is 35.7 Å². The van der Waals surface area contributed by atoms with Crippen molar-refractivity contribution in [1.29, 1.82) is 0 Å². The van der Waals surface area contributed by atoms with Crippen molar-refractivity contribution in [2.24, 2.45) is 0 Å². The minimum Gasteiger partial charge on any atom is -0.367 e. The molecule has 0 amide bonds. The molecule has 0 aliphatic carbocycles. The van der Waals surface area contributed by atoms with Gasteiger partial charge in [-0.25, -0.2) is 9.97 Å². The van der Waals surface area contributed by atoms with Crippen molar-refractivity contribution < 1.29 is 4.92 Å². The van der Waals surface area contributed by atoms with Gasteiger partial charge in [-0.15, -0.1) is 0 Å². The highest BCUT2D eigenvalue weighted by Gasteiger charge is 2.23. The molecule has 2 heterocycles. The van der Waals surface area contributed by atoms with Crippen molar-refractivity contribution in [3.05, 3.63) is 38.8 Å². The molecule has 2 aromatic rings. The molecule has 0 aliphatic heterocycles. The van der Waals surface area contributed by atoms with Gasteiger partial charge in [-0.1, -0.05) is 0 Å². The summed E-state index contributed by atoms with van der Waals surface area (Å²) in [6, 6.07) is 2.07. The number of nitro groups is 1. The molecule has 2 N–H and O–H groups in total. The van der Waals surface area contributed by atoms with Crippen molar-refractivity contribution >= 4 is 28.7 Å². The monoisotopic (exact) mass is 293 g/mol. The zero-order chi connectivity index (χ0) is 14.5. The Morgan fingerprint density at radius 2 is 2.20 bits per heavy atom. The maximum atomic E-state index is 11.1. The Morgan fingerprint density at radius 3 is 2.80 bits per heavy atom. The summed E-state index contributed by atoms with van der Waals surface area (Å²) >= 11 is 1.63. The number of rotatable bonds is 6. The number of anilines is 2. The van der Waals surface area contributed by atoms with Crippen LogP contribution in [-0.4, -0.2) is 28.0 Å². The summed E-state index contributed by atoms with van der Waals surface area (Å²) in [5.74, 6) is 0.437. The van der Waals surface area contributed by atoms with Crippen LogP contribution in [0.1, 0.15) is 12.5 Å². The molecule has 0 saturated heterocycles. The summed E-state index contributed by atoms with van der Waals surface area (Å²) in [6.07, 6.45) is 2.08. The third-order valence-corrected chi connectivity index (χ3v) is 3.48. The van der Waals surface area contributed by atoms with Gasteiger partial charge in [0, 0.05) is 13.1 Å². The van der Waals surface area contributed by atoms with Crippen molar-refractivity contribution in [1.82, 2.24) is 9.97 Å². The Balaban J connectivity index is 2.18. The fourth-order valence-corrected chi connectivity index (χ4v) is 2.57. The lowest BCUT2D eigenvalue weighted by atomic mass is 10.1. The van der Waals surface area contributed by atoms with Crippen LogP contribution in [0.15, 0.2) is 23.2 Å². The number of aromatic nitrogens is 2. The van der Waals surface area contributed by atoms with Crippen LogP contribution in [0.3, 0.4) is 0 Å². The fraction of sp³-hybridized carbons (Fsp3) is 0.333. The Labute approximate surface area is 120 Å². The third-order valence-electron chi connectivity index (χ3n) is 2.75. The maximum Gasteiger partial charge on any atom is 0.353 e. The van der Waals surface area contributed by atoms with Gasteiger partial charge in [0.2, 0.25) is 11.6 Å². The smallest absolute Gasteiger partial charge is 0.353 e. The Hall–Kier alpha value is -2.22. The molecule has 0 fully saturated rings. The van der Waals surface area contributed by atoms with Crippen LogP contribution in [0.25, 0.3) is 0 Å². The maximum absolute atomic E-state index is 11.1. The summed E-state index contributed by atoms with van der Waals surface area (Å²) < 4.78 is 0. The molecule has 7 nitrogen and oxygen atoms in total. The Morgan fingerprint density at radius 1 is 1.45 bits per heavy atom. The first kappa shape index (κ1) is 14.2. The van der Waals surface area contributed by atoms with E-state index in [0.29, 0.717) is 0 Å². The van der Waals surface area contributed by atoms with Gasteiger partial charge in [0.15, 0.2) is 0 Å². The number of nitrogens with one attached hydrogen (secondary N) is 2. The molecule has 2 rings (SSSR count). The minimum atomic E-state index is -0.481. The quantitative estimate of drug-likeness (QED) is 0.628. The molecule has 0 aromatic carbocycles. The lowest BCUT2D eigenvalue weighted by molar-refractivity contribution is -0.383. The Kier molecular flexibility index (Phi) is 4.46. The van der Waals surface area contributed by atoms with Crippen LogP contribution in [0, 0.1) is 10.1 Å². The molecule has 1 unspecified atom stereocenters. The van der Waals surface area contributed by atoms with Gasteiger partial charge in [0.1, 0.15) is 6.33 Å². The predicted molar refractivity (Wildman–Crippen MR) is 79.3 cm³/mol. The van der Waals surface area contributed by atoms with E-state index in [9.17, 15) is 10.1 Å². The number of hydrogen-bond acceptors (Lipinski definition) is 7. The van der Waals surface area contributed by atoms with Gasteiger partial charge < -0.3 is 10.6 Å². The van der Waals surface area contributed by atoms with Crippen LogP contribution in [0.2, 0.25) is 0 Å². The molecule has 106 valence electrons. The average molecular weight is 293 g/mol. The van der Waals surface area contributed by atoms with Crippen molar-refractivity contribution in [3.63, 3.8) is 0 Å². The zero-order valence-corrected chi connectivity index (χ0v) is 12.0. The number of hydrogen-bond donors (Lipinski definition) is 2. The van der Waals surface area contributed by atoms with E-state index in [0.717, 1.165) is 6.42 Å². The lowest BCUT2D eigenvalue weighted by Crippen LogP contribution is -2.20. The molecule has 8 heteroatoms. The topological polar surface area (TPSA) is 93.0 Å². The average Bonchev–Trinajstić information content (AvgIpc) is 2.90. The molecule has 0 spiro atoms. The molecule has 20 heavy (non-hydrogen) atoms. The third kappa shape index (κ3) is 3.21. The van der Waals surface area contributed by atoms with Gasteiger partial charge >= 0.3 is 5.69 Å². The van der Waals surface area contributed by atoms with Crippen LogP contribution >= 0.6 is 11.3 Å². The SMILES string of the molecule is CNc1ncnc(NC(C)Cc2ccsc2)c1[N+](=O)[O-]. The standard InChI is InChI=1S/C12H15N5O2S/c1-8(5-9-3-4-20-6-9)16-12-10(17(18)19)11(13-2)14-7-15-12/h3-4,6-8H,5H2,1-2H3,(H2,13,14,15,16). The highest BCUT2D eigenvalue weighted by Crippen LogP contribution is 2.29. The van der Waals surface area contributed by atoms with Gasteiger partial charge in [0.25, 0.3) is 0 Å². The molecule has 1 atom stereocenters. The Bertz CT molecular complexity index is 588. The van der Waals surface area contributed by atoms with Gasteiger partial charge in [-0.3, -0.25) is 10.1 Å². The zero-order valence-electron chi connectivity index (χ0n) is 11.2. The van der Waals surface area contributed by atoms with E-state index in [-0.39, 0.29) is 23.4 Å². The van der Waals surface area contributed by atoms with E-state index in [1.165, 1.54) is 11.9 Å². The van der Waals surface area contributed by atoms with Crippen molar-refractivity contribution in [3.8, 4) is 0 Å². The first-order valence-electron chi connectivity index (χ1n) is 6.06. The van der Waals surface area contributed by atoms with Gasteiger partial charge in [-0.2, -0.15) is 11.3 Å². The second kappa shape index (κ2) is 6.29. The second-order valence-electron chi connectivity index (χ2n) is 4.31. The van der Waals surface area contributed by atoms with Crippen LogP contribution in [0.5, 0.6) is 0 Å². The van der Waals surface area contributed by atoms with E-state index in [4.69, 9.17) is 0 Å². The summed E-state index contributed by atoms with van der Waals surface area (Å²) in [5.41, 5.74) is 1.06.